The van der Waals surface area contributed by atoms with Gasteiger partial charge in [-0.25, -0.2) is 4.98 Å². The second-order valence-electron chi connectivity index (χ2n) is 6.53. The molecule has 4 rings (SSSR count). The van der Waals surface area contributed by atoms with E-state index in [2.05, 4.69) is 14.9 Å². The minimum atomic E-state index is 0.0517. The third-order valence-corrected chi connectivity index (χ3v) is 4.98. The Bertz CT molecular complexity index is 946. The minimum absolute atomic E-state index is 0.0517. The van der Waals surface area contributed by atoms with Gasteiger partial charge in [-0.15, -0.1) is 0 Å². The van der Waals surface area contributed by atoms with E-state index in [1.54, 1.807) is 18.5 Å². The van der Waals surface area contributed by atoms with Crippen molar-refractivity contribution in [1.82, 2.24) is 14.9 Å². The molecule has 1 fully saturated rings. The predicted octanol–water partition coefficient (Wildman–Crippen LogP) is 2.48. The summed E-state index contributed by atoms with van der Waals surface area (Å²) >= 11 is 0. The van der Waals surface area contributed by atoms with E-state index in [1.807, 2.05) is 42.2 Å². The smallest absolute Gasteiger partial charge is 0.255 e. The van der Waals surface area contributed by atoms with Gasteiger partial charge in [-0.05, 0) is 30.7 Å². The second kappa shape index (κ2) is 6.63. The first-order chi connectivity index (χ1) is 12.6. The van der Waals surface area contributed by atoms with Crippen molar-refractivity contribution < 1.29 is 4.79 Å². The first-order valence-corrected chi connectivity index (χ1v) is 8.73. The Balaban J connectivity index is 1.50. The molecule has 6 heteroatoms. The molecule has 6 nitrogen and oxygen atoms in total. The molecule has 1 aliphatic heterocycles. The van der Waals surface area contributed by atoms with Crippen molar-refractivity contribution in [2.75, 3.05) is 36.8 Å². The Morgan fingerprint density at radius 2 is 1.77 bits per heavy atom. The summed E-state index contributed by atoms with van der Waals surface area (Å²) in [6.45, 7) is 4.90. The maximum absolute atomic E-state index is 13.0. The van der Waals surface area contributed by atoms with Crippen molar-refractivity contribution in [2.24, 2.45) is 0 Å². The van der Waals surface area contributed by atoms with Gasteiger partial charge in [0.2, 0.25) is 0 Å². The van der Waals surface area contributed by atoms with Crippen LogP contribution in [0.2, 0.25) is 0 Å². The van der Waals surface area contributed by atoms with E-state index in [4.69, 9.17) is 5.73 Å². The third-order valence-electron chi connectivity index (χ3n) is 4.98. The van der Waals surface area contributed by atoms with Crippen molar-refractivity contribution in [2.45, 2.75) is 6.92 Å². The van der Waals surface area contributed by atoms with Crippen LogP contribution in [-0.4, -0.2) is 47.0 Å². The highest BCUT2D eigenvalue weighted by molar-refractivity contribution is 6.00. The Morgan fingerprint density at radius 3 is 2.50 bits per heavy atom. The number of hydrogen-bond acceptors (Lipinski definition) is 5. The van der Waals surface area contributed by atoms with Gasteiger partial charge in [0.05, 0.1) is 23.0 Å². The average molecular weight is 347 g/mol. The number of para-hydroxylation sites is 1. The first-order valence-electron chi connectivity index (χ1n) is 8.73. The molecule has 0 bridgehead atoms. The summed E-state index contributed by atoms with van der Waals surface area (Å²) in [6, 6.07) is 11.7. The van der Waals surface area contributed by atoms with Crippen LogP contribution in [0.4, 0.5) is 11.5 Å². The van der Waals surface area contributed by atoms with Crippen LogP contribution < -0.4 is 10.6 Å². The quantitative estimate of drug-likeness (QED) is 0.771. The van der Waals surface area contributed by atoms with Gasteiger partial charge in [-0.1, -0.05) is 18.2 Å². The van der Waals surface area contributed by atoms with E-state index < -0.39 is 0 Å². The number of aryl methyl sites for hydroxylation is 1. The van der Waals surface area contributed by atoms with Gasteiger partial charge < -0.3 is 15.5 Å². The molecule has 0 radical (unpaired) electrons. The van der Waals surface area contributed by atoms with Gasteiger partial charge in [0.1, 0.15) is 5.82 Å². The zero-order valence-electron chi connectivity index (χ0n) is 14.7. The van der Waals surface area contributed by atoms with Crippen LogP contribution in [0.5, 0.6) is 0 Å². The maximum Gasteiger partial charge on any atom is 0.255 e. The van der Waals surface area contributed by atoms with E-state index in [-0.39, 0.29) is 5.91 Å². The van der Waals surface area contributed by atoms with Gasteiger partial charge in [0.25, 0.3) is 5.91 Å². The van der Waals surface area contributed by atoms with Gasteiger partial charge in [0.15, 0.2) is 0 Å². The van der Waals surface area contributed by atoms with Crippen LogP contribution >= 0.6 is 0 Å². The van der Waals surface area contributed by atoms with Crippen LogP contribution in [0.3, 0.4) is 0 Å². The molecule has 2 N–H and O–H groups in total. The Labute approximate surface area is 152 Å². The normalized spacial score (nSPS) is 14.7. The first kappa shape index (κ1) is 16.3. The molecule has 0 saturated carbocycles. The van der Waals surface area contributed by atoms with Crippen LogP contribution in [-0.2, 0) is 0 Å². The zero-order chi connectivity index (χ0) is 18.1. The number of benzene rings is 1. The molecule has 26 heavy (non-hydrogen) atoms. The monoisotopic (exact) mass is 347 g/mol. The SMILES string of the molecule is Cc1c(C(=O)N2CCN(c3ccc(N)nc3)CC2)cnc2ccccc12. The fourth-order valence-electron chi connectivity index (χ4n) is 3.42. The second-order valence-corrected chi connectivity index (χ2v) is 6.53. The number of fused-ring (bicyclic) bond motifs is 1. The lowest BCUT2D eigenvalue weighted by atomic mass is 10.0. The number of pyridine rings is 2. The molecule has 3 heterocycles. The Hall–Kier alpha value is -3.15. The van der Waals surface area contributed by atoms with Gasteiger partial charge in [-0.3, -0.25) is 9.78 Å². The van der Waals surface area contributed by atoms with E-state index in [9.17, 15) is 4.79 Å². The van der Waals surface area contributed by atoms with Crippen molar-refractivity contribution in [3.63, 3.8) is 0 Å². The highest BCUT2D eigenvalue weighted by Crippen LogP contribution is 2.22. The van der Waals surface area contributed by atoms with Crippen LogP contribution in [0, 0.1) is 6.92 Å². The molecule has 1 amide bonds. The minimum Gasteiger partial charge on any atom is -0.384 e. The van der Waals surface area contributed by atoms with Crippen molar-refractivity contribution in [3.8, 4) is 0 Å². The number of nitrogen functional groups attached to an aromatic ring is 1. The van der Waals surface area contributed by atoms with Crippen LogP contribution in [0.1, 0.15) is 15.9 Å². The molecule has 0 unspecified atom stereocenters. The molecule has 3 aromatic rings. The van der Waals surface area contributed by atoms with E-state index in [0.717, 1.165) is 35.2 Å². The number of amides is 1. The van der Waals surface area contributed by atoms with Crippen molar-refractivity contribution in [3.05, 3.63) is 59.9 Å². The summed E-state index contributed by atoms with van der Waals surface area (Å²) in [4.78, 5) is 25.7. The fourth-order valence-corrected chi connectivity index (χ4v) is 3.42. The van der Waals surface area contributed by atoms with Crippen molar-refractivity contribution >= 4 is 28.3 Å². The molecular weight excluding hydrogens is 326 g/mol. The van der Waals surface area contributed by atoms with Crippen LogP contribution in [0.25, 0.3) is 10.9 Å². The molecule has 0 spiro atoms. The number of rotatable bonds is 2. The van der Waals surface area contributed by atoms with Crippen LogP contribution in [0.15, 0.2) is 48.8 Å². The van der Waals surface area contributed by atoms with E-state index in [0.29, 0.717) is 24.5 Å². The fraction of sp³-hybridized carbons (Fsp3) is 0.250. The highest BCUT2D eigenvalue weighted by atomic mass is 16.2. The van der Waals surface area contributed by atoms with Gasteiger partial charge in [-0.2, -0.15) is 0 Å². The number of anilines is 2. The number of nitrogens with zero attached hydrogens (tertiary/aromatic N) is 4. The summed E-state index contributed by atoms with van der Waals surface area (Å²) in [5, 5.41) is 1.03. The lowest BCUT2D eigenvalue weighted by Crippen LogP contribution is -2.49. The summed E-state index contributed by atoms with van der Waals surface area (Å²) in [6.07, 6.45) is 3.49. The molecule has 2 aromatic heterocycles. The summed E-state index contributed by atoms with van der Waals surface area (Å²) in [5.74, 6) is 0.567. The Kier molecular flexibility index (Phi) is 4.16. The lowest BCUT2D eigenvalue weighted by molar-refractivity contribution is 0.0746. The molecule has 1 saturated heterocycles. The van der Waals surface area contributed by atoms with Crippen molar-refractivity contribution in [1.29, 1.82) is 0 Å². The molecule has 1 aromatic carbocycles. The number of carbonyl (C=O) groups excluding carboxylic acids is 1. The summed E-state index contributed by atoms with van der Waals surface area (Å²) < 4.78 is 0. The third kappa shape index (κ3) is 2.94. The van der Waals surface area contributed by atoms with E-state index in [1.165, 1.54) is 0 Å². The summed E-state index contributed by atoms with van der Waals surface area (Å²) in [7, 11) is 0. The molecule has 1 aliphatic rings. The number of hydrogen-bond donors (Lipinski definition) is 1. The topological polar surface area (TPSA) is 75.4 Å². The Morgan fingerprint density at radius 1 is 1.00 bits per heavy atom. The number of aromatic nitrogens is 2. The maximum atomic E-state index is 13.0. The molecule has 0 atom stereocenters. The largest absolute Gasteiger partial charge is 0.384 e. The summed E-state index contributed by atoms with van der Waals surface area (Å²) in [5.41, 5.74) is 9.28. The molecule has 132 valence electrons. The van der Waals surface area contributed by atoms with Gasteiger partial charge in [0, 0.05) is 37.8 Å². The zero-order valence-corrected chi connectivity index (χ0v) is 14.7. The average Bonchev–Trinajstić information content (AvgIpc) is 2.69. The number of carbonyl (C=O) groups is 1. The number of nitrogens with two attached hydrogens (primary N) is 1. The lowest BCUT2D eigenvalue weighted by Gasteiger charge is -2.36. The predicted molar refractivity (Wildman–Crippen MR) is 103 cm³/mol. The highest BCUT2D eigenvalue weighted by Gasteiger charge is 2.24. The van der Waals surface area contributed by atoms with E-state index >= 15 is 0 Å². The van der Waals surface area contributed by atoms with Gasteiger partial charge >= 0.3 is 0 Å². The molecular formula is C20H21N5O. The standard InChI is InChI=1S/C20H21N5O/c1-14-16-4-2-3-5-18(16)22-13-17(14)20(26)25-10-8-24(9-11-25)15-6-7-19(21)23-12-15/h2-7,12-13H,8-11H2,1H3,(H2,21,23). The number of piperazine rings is 1. The molecule has 0 aliphatic carbocycles.